The molecule has 2 heteroatoms. The molecule has 0 saturated carbocycles. The Bertz CT molecular complexity index is 98.7. The molecule has 2 unspecified atom stereocenters. The lowest BCUT2D eigenvalue weighted by Crippen LogP contribution is -2.30. The van der Waals surface area contributed by atoms with Gasteiger partial charge in [-0.1, -0.05) is 12.2 Å². The van der Waals surface area contributed by atoms with Gasteiger partial charge in [-0.05, 0) is 6.42 Å². The van der Waals surface area contributed by atoms with E-state index in [2.05, 4.69) is 12.2 Å². The molecule has 0 aromatic rings. The Hall–Kier alpha value is -0.340. The first kappa shape index (κ1) is 5.79. The van der Waals surface area contributed by atoms with Gasteiger partial charge in [0.15, 0.2) is 0 Å². The van der Waals surface area contributed by atoms with Gasteiger partial charge in [0.2, 0.25) is 0 Å². The maximum Gasteiger partial charge on any atom is 0.0149 e. The predicted octanol–water partition coefficient (Wildman–Crippen LogP) is -0.151. The van der Waals surface area contributed by atoms with Gasteiger partial charge in [-0.15, -0.1) is 0 Å². The van der Waals surface area contributed by atoms with Crippen molar-refractivity contribution >= 4 is 0 Å². The van der Waals surface area contributed by atoms with Gasteiger partial charge in [-0.2, -0.15) is 0 Å². The van der Waals surface area contributed by atoms with Crippen LogP contribution in [0.3, 0.4) is 0 Å². The fourth-order valence-electron chi connectivity index (χ4n) is 0.981. The van der Waals surface area contributed by atoms with Crippen LogP contribution in [0.5, 0.6) is 0 Å². The number of hydrogen-bond donors (Lipinski definition) is 2. The van der Waals surface area contributed by atoms with E-state index in [4.69, 9.17) is 11.5 Å². The smallest absolute Gasteiger partial charge is 0.0149 e. The van der Waals surface area contributed by atoms with Gasteiger partial charge < -0.3 is 11.5 Å². The van der Waals surface area contributed by atoms with E-state index in [1.807, 2.05) is 0 Å². The average molecular weight is 112 g/mol. The van der Waals surface area contributed by atoms with Crippen molar-refractivity contribution in [1.29, 1.82) is 0 Å². The third kappa shape index (κ3) is 0.904. The molecule has 0 aliphatic heterocycles. The van der Waals surface area contributed by atoms with E-state index in [9.17, 15) is 0 Å². The van der Waals surface area contributed by atoms with Gasteiger partial charge >= 0.3 is 0 Å². The summed E-state index contributed by atoms with van der Waals surface area (Å²) >= 11 is 0. The predicted molar refractivity (Wildman–Crippen MR) is 34.3 cm³/mol. The van der Waals surface area contributed by atoms with Gasteiger partial charge in [0.25, 0.3) is 0 Å². The standard InChI is InChI=1S/C6H12N2/c7-4-5-2-1-3-6(5)8/h1-2,5-6H,3-4,7-8H2. The Balaban J connectivity index is 2.41. The maximum atomic E-state index is 5.65. The van der Waals surface area contributed by atoms with Crippen molar-refractivity contribution in [1.82, 2.24) is 0 Å². The highest BCUT2D eigenvalue weighted by Gasteiger charge is 2.15. The molecular formula is C6H12N2. The fraction of sp³-hybridized carbons (Fsp3) is 0.667. The SMILES string of the molecule is NCC1C=CCC1N. The Labute approximate surface area is 49.5 Å². The molecule has 0 radical (unpaired) electrons. The van der Waals surface area contributed by atoms with Crippen LogP contribution in [0.2, 0.25) is 0 Å². The molecule has 0 aromatic heterocycles. The molecule has 46 valence electrons. The molecule has 1 aliphatic rings. The van der Waals surface area contributed by atoms with E-state index in [0.29, 0.717) is 18.5 Å². The van der Waals surface area contributed by atoms with Crippen molar-refractivity contribution in [2.45, 2.75) is 12.5 Å². The molecule has 4 N–H and O–H groups in total. The van der Waals surface area contributed by atoms with Crippen molar-refractivity contribution in [3.8, 4) is 0 Å². The van der Waals surface area contributed by atoms with Crippen LogP contribution in [0, 0.1) is 5.92 Å². The van der Waals surface area contributed by atoms with Crippen LogP contribution in [-0.4, -0.2) is 12.6 Å². The Morgan fingerprint density at radius 3 is 2.62 bits per heavy atom. The first-order valence-corrected chi connectivity index (χ1v) is 2.97. The molecule has 0 aromatic carbocycles. The fourth-order valence-corrected chi connectivity index (χ4v) is 0.981. The van der Waals surface area contributed by atoms with Gasteiger partial charge in [0.05, 0.1) is 0 Å². The van der Waals surface area contributed by atoms with Crippen LogP contribution < -0.4 is 11.5 Å². The minimum Gasteiger partial charge on any atom is -0.330 e. The second kappa shape index (κ2) is 2.29. The van der Waals surface area contributed by atoms with Gasteiger partial charge in [-0.25, -0.2) is 0 Å². The number of nitrogens with two attached hydrogens (primary N) is 2. The molecule has 1 rings (SSSR count). The summed E-state index contributed by atoms with van der Waals surface area (Å²) in [4.78, 5) is 0. The zero-order chi connectivity index (χ0) is 5.98. The first-order chi connectivity index (χ1) is 3.84. The summed E-state index contributed by atoms with van der Waals surface area (Å²) in [7, 11) is 0. The second-order valence-electron chi connectivity index (χ2n) is 2.23. The van der Waals surface area contributed by atoms with Crippen molar-refractivity contribution in [3.05, 3.63) is 12.2 Å². The average Bonchev–Trinajstić information content (AvgIpc) is 2.14. The van der Waals surface area contributed by atoms with Gasteiger partial charge in [0.1, 0.15) is 0 Å². The van der Waals surface area contributed by atoms with E-state index in [1.54, 1.807) is 0 Å². The molecule has 0 fully saturated rings. The molecule has 0 saturated heterocycles. The monoisotopic (exact) mass is 112 g/mol. The number of rotatable bonds is 1. The molecule has 0 spiro atoms. The highest BCUT2D eigenvalue weighted by molar-refractivity contribution is 5.03. The molecule has 0 amide bonds. The van der Waals surface area contributed by atoms with Crippen LogP contribution >= 0.6 is 0 Å². The quantitative estimate of drug-likeness (QED) is 0.463. The van der Waals surface area contributed by atoms with Crippen LogP contribution in [0.15, 0.2) is 12.2 Å². The van der Waals surface area contributed by atoms with E-state index in [1.165, 1.54) is 0 Å². The summed E-state index contributed by atoms with van der Waals surface area (Å²) < 4.78 is 0. The molecular weight excluding hydrogens is 100 g/mol. The van der Waals surface area contributed by atoms with Gasteiger partial charge in [-0.3, -0.25) is 0 Å². The molecule has 0 heterocycles. The summed E-state index contributed by atoms with van der Waals surface area (Å²) in [6.07, 6.45) is 5.20. The Morgan fingerprint density at radius 2 is 2.38 bits per heavy atom. The second-order valence-corrected chi connectivity index (χ2v) is 2.23. The van der Waals surface area contributed by atoms with Crippen molar-refractivity contribution < 1.29 is 0 Å². The van der Waals surface area contributed by atoms with Crippen LogP contribution in [0.1, 0.15) is 6.42 Å². The van der Waals surface area contributed by atoms with E-state index >= 15 is 0 Å². The van der Waals surface area contributed by atoms with Crippen molar-refractivity contribution in [3.63, 3.8) is 0 Å². The minimum absolute atomic E-state index is 0.292. The van der Waals surface area contributed by atoms with Gasteiger partial charge in [0, 0.05) is 18.5 Å². The Kier molecular flexibility index (Phi) is 1.65. The van der Waals surface area contributed by atoms with E-state index in [0.717, 1.165) is 6.42 Å². The lowest BCUT2D eigenvalue weighted by Gasteiger charge is -2.09. The summed E-state index contributed by atoms with van der Waals surface area (Å²) in [5.74, 6) is 0.440. The third-order valence-corrected chi connectivity index (χ3v) is 1.61. The summed E-state index contributed by atoms with van der Waals surface area (Å²) in [6, 6.07) is 0.292. The van der Waals surface area contributed by atoms with Crippen LogP contribution in [0.4, 0.5) is 0 Å². The number of hydrogen-bond acceptors (Lipinski definition) is 2. The summed E-state index contributed by atoms with van der Waals surface area (Å²) in [6.45, 7) is 0.692. The summed E-state index contributed by atoms with van der Waals surface area (Å²) in [5, 5.41) is 0. The molecule has 8 heavy (non-hydrogen) atoms. The summed E-state index contributed by atoms with van der Waals surface area (Å²) in [5.41, 5.74) is 11.0. The van der Waals surface area contributed by atoms with E-state index < -0.39 is 0 Å². The van der Waals surface area contributed by atoms with Crippen LogP contribution in [-0.2, 0) is 0 Å². The Morgan fingerprint density at radius 1 is 1.62 bits per heavy atom. The zero-order valence-electron chi connectivity index (χ0n) is 4.88. The molecule has 2 nitrogen and oxygen atoms in total. The molecule has 1 aliphatic carbocycles. The largest absolute Gasteiger partial charge is 0.330 e. The van der Waals surface area contributed by atoms with E-state index in [-0.39, 0.29) is 0 Å². The zero-order valence-corrected chi connectivity index (χ0v) is 4.88. The normalized spacial score (nSPS) is 36.2. The maximum absolute atomic E-state index is 5.65. The highest BCUT2D eigenvalue weighted by Crippen LogP contribution is 2.13. The first-order valence-electron chi connectivity index (χ1n) is 2.97. The topological polar surface area (TPSA) is 52.0 Å². The van der Waals surface area contributed by atoms with Crippen LogP contribution in [0.25, 0.3) is 0 Å². The lowest BCUT2D eigenvalue weighted by atomic mass is 10.1. The molecule has 2 atom stereocenters. The molecule has 0 bridgehead atoms. The third-order valence-electron chi connectivity index (χ3n) is 1.61. The lowest BCUT2D eigenvalue weighted by molar-refractivity contribution is 0.545. The van der Waals surface area contributed by atoms with Crippen molar-refractivity contribution in [2.24, 2.45) is 17.4 Å². The highest BCUT2D eigenvalue weighted by atomic mass is 14.7. The van der Waals surface area contributed by atoms with Crippen molar-refractivity contribution in [2.75, 3.05) is 6.54 Å². The minimum atomic E-state index is 0.292.